The van der Waals surface area contributed by atoms with E-state index in [4.69, 9.17) is 4.42 Å². The van der Waals surface area contributed by atoms with E-state index in [1.807, 2.05) is 12.1 Å². The highest BCUT2D eigenvalue weighted by molar-refractivity contribution is 9.10. The second-order valence-electron chi connectivity index (χ2n) is 4.48. The fourth-order valence-electron chi connectivity index (χ4n) is 2.07. The lowest BCUT2D eigenvalue weighted by molar-refractivity contribution is 0.432. The van der Waals surface area contributed by atoms with Crippen LogP contribution in [0.15, 0.2) is 43.9 Å². The van der Waals surface area contributed by atoms with Crippen LogP contribution in [0.1, 0.15) is 36.3 Å². The molecule has 2 nitrogen and oxygen atoms in total. The molecule has 0 bridgehead atoms. The van der Waals surface area contributed by atoms with Gasteiger partial charge in [0.05, 0.1) is 6.04 Å². The maximum atomic E-state index is 5.73. The van der Waals surface area contributed by atoms with Crippen molar-refractivity contribution in [2.45, 2.75) is 26.3 Å². The third-order valence-electron chi connectivity index (χ3n) is 3.10. The standard InChI is InChI=1S/C15H17Br2NO/c1-3-9-18-15(13-7-8-14(17)19-13)11-5-4-6-12(16)10(11)2/h4-8,15,18H,3,9H2,1-2H3. The zero-order valence-corrected chi connectivity index (χ0v) is 14.2. The number of halogens is 2. The lowest BCUT2D eigenvalue weighted by Gasteiger charge is -2.19. The molecule has 2 aromatic rings. The van der Waals surface area contributed by atoms with E-state index in [9.17, 15) is 0 Å². The van der Waals surface area contributed by atoms with Crippen LogP contribution in [0.2, 0.25) is 0 Å². The molecule has 0 fully saturated rings. The Morgan fingerprint density at radius 2 is 2.00 bits per heavy atom. The second-order valence-corrected chi connectivity index (χ2v) is 6.12. The molecule has 0 spiro atoms. The van der Waals surface area contributed by atoms with Gasteiger partial charge in [-0.25, -0.2) is 0 Å². The fourth-order valence-corrected chi connectivity index (χ4v) is 2.77. The molecule has 0 saturated carbocycles. The summed E-state index contributed by atoms with van der Waals surface area (Å²) in [6.45, 7) is 5.24. The van der Waals surface area contributed by atoms with Gasteiger partial charge in [0.15, 0.2) is 4.67 Å². The van der Waals surface area contributed by atoms with Gasteiger partial charge in [0, 0.05) is 4.47 Å². The summed E-state index contributed by atoms with van der Waals surface area (Å²) in [6, 6.07) is 10.3. The van der Waals surface area contributed by atoms with Gasteiger partial charge in [0.1, 0.15) is 5.76 Å². The Labute approximate surface area is 130 Å². The van der Waals surface area contributed by atoms with Gasteiger partial charge in [-0.05, 0) is 65.1 Å². The molecule has 0 radical (unpaired) electrons. The Hall–Kier alpha value is -0.580. The summed E-state index contributed by atoms with van der Waals surface area (Å²) >= 11 is 6.96. The predicted octanol–water partition coefficient (Wildman–Crippen LogP) is 5.20. The van der Waals surface area contributed by atoms with E-state index in [0.717, 1.165) is 27.9 Å². The molecular weight excluding hydrogens is 370 g/mol. The van der Waals surface area contributed by atoms with Gasteiger partial charge in [-0.1, -0.05) is 35.0 Å². The SMILES string of the molecule is CCCNC(c1ccc(Br)o1)c1cccc(Br)c1C. The molecule has 0 saturated heterocycles. The summed E-state index contributed by atoms with van der Waals surface area (Å²) in [5.41, 5.74) is 2.48. The van der Waals surface area contributed by atoms with Crippen LogP contribution < -0.4 is 5.32 Å². The first kappa shape index (κ1) is 14.8. The predicted molar refractivity (Wildman–Crippen MR) is 85.4 cm³/mol. The molecule has 4 heteroatoms. The monoisotopic (exact) mass is 385 g/mol. The number of nitrogens with one attached hydrogen (secondary N) is 1. The Balaban J connectivity index is 2.39. The molecule has 1 unspecified atom stereocenters. The van der Waals surface area contributed by atoms with Crippen molar-refractivity contribution in [1.82, 2.24) is 5.32 Å². The molecule has 19 heavy (non-hydrogen) atoms. The van der Waals surface area contributed by atoms with Crippen molar-refractivity contribution in [3.8, 4) is 0 Å². The summed E-state index contributed by atoms with van der Waals surface area (Å²) in [5.74, 6) is 0.932. The van der Waals surface area contributed by atoms with Gasteiger partial charge in [0.25, 0.3) is 0 Å². The van der Waals surface area contributed by atoms with E-state index in [0.29, 0.717) is 0 Å². The summed E-state index contributed by atoms with van der Waals surface area (Å²) in [4.78, 5) is 0. The Morgan fingerprint density at radius 1 is 1.21 bits per heavy atom. The maximum Gasteiger partial charge on any atom is 0.169 e. The van der Waals surface area contributed by atoms with E-state index >= 15 is 0 Å². The molecule has 1 aromatic heterocycles. The first-order chi connectivity index (χ1) is 9.13. The van der Waals surface area contributed by atoms with Crippen LogP contribution >= 0.6 is 31.9 Å². The second kappa shape index (κ2) is 6.73. The third-order valence-corrected chi connectivity index (χ3v) is 4.38. The van der Waals surface area contributed by atoms with Crippen LogP contribution in [0.4, 0.5) is 0 Å². The first-order valence-corrected chi connectivity index (χ1v) is 7.95. The minimum absolute atomic E-state index is 0.0868. The quantitative estimate of drug-likeness (QED) is 0.763. The highest BCUT2D eigenvalue weighted by atomic mass is 79.9. The van der Waals surface area contributed by atoms with Crippen LogP contribution in [0.3, 0.4) is 0 Å². The fraction of sp³-hybridized carbons (Fsp3) is 0.333. The first-order valence-electron chi connectivity index (χ1n) is 6.37. The smallest absolute Gasteiger partial charge is 0.169 e. The van der Waals surface area contributed by atoms with Crippen molar-refractivity contribution in [1.29, 1.82) is 0 Å². The highest BCUT2D eigenvalue weighted by Crippen LogP contribution is 2.31. The minimum Gasteiger partial charge on any atom is -0.452 e. The van der Waals surface area contributed by atoms with Gasteiger partial charge in [-0.15, -0.1) is 0 Å². The van der Waals surface area contributed by atoms with E-state index < -0.39 is 0 Å². The Morgan fingerprint density at radius 3 is 2.63 bits per heavy atom. The van der Waals surface area contributed by atoms with E-state index in [1.165, 1.54) is 11.1 Å². The van der Waals surface area contributed by atoms with Crippen molar-refractivity contribution in [3.05, 3.63) is 56.4 Å². The average molecular weight is 387 g/mol. The molecule has 0 aliphatic carbocycles. The van der Waals surface area contributed by atoms with Crippen molar-refractivity contribution in [2.24, 2.45) is 0 Å². The van der Waals surface area contributed by atoms with Crippen LogP contribution in [0.5, 0.6) is 0 Å². The summed E-state index contributed by atoms with van der Waals surface area (Å²) in [6.07, 6.45) is 1.09. The van der Waals surface area contributed by atoms with Crippen LogP contribution in [0.25, 0.3) is 0 Å². The van der Waals surface area contributed by atoms with E-state index in [1.54, 1.807) is 0 Å². The van der Waals surface area contributed by atoms with Gasteiger partial charge in [0.2, 0.25) is 0 Å². The average Bonchev–Trinajstić information content (AvgIpc) is 2.81. The van der Waals surface area contributed by atoms with E-state index in [-0.39, 0.29) is 6.04 Å². The molecule has 1 N–H and O–H groups in total. The normalized spacial score (nSPS) is 12.6. The number of rotatable bonds is 5. The topological polar surface area (TPSA) is 25.2 Å². The molecule has 1 aromatic carbocycles. The highest BCUT2D eigenvalue weighted by Gasteiger charge is 2.19. The zero-order valence-electron chi connectivity index (χ0n) is 11.0. The lowest BCUT2D eigenvalue weighted by atomic mass is 9.99. The number of hydrogen-bond acceptors (Lipinski definition) is 2. The molecule has 0 aliphatic heterocycles. The molecule has 102 valence electrons. The maximum absolute atomic E-state index is 5.73. The van der Waals surface area contributed by atoms with Gasteiger partial charge in [-0.3, -0.25) is 0 Å². The van der Waals surface area contributed by atoms with Crippen molar-refractivity contribution in [3.63, 3.8) is 0 Å². The molecule has 1 heterocycles. The van der Waals surface area contributed by atoms with Crippen LogP contribution in [-0.4, -0.2) is 6.54 Å². The van der Waals surface area contributed by atoms with Crippen LogP contribution in [0, 0.1) is 6.92 Å². The van der Waals surface area contributed by atoms with Crippen LogP contribution in [-0.2, 0) is 0 Å². The van der Waals surface area contributed by atoms with Crippen molar-refractivity contribution < 1.29 is 4.42 Å². The molecule has 0 aliphatic rings. The zero-order chi connectivity index (χ0) is 13.8. The van der Waals surface area contributed by atoms with Crippen molar-refractivity contribution in [2.75, 3.05) is 6.54 Å². The molecular formula is C15H17Br2NO. The number of furan rings is 1. The Kier molecular flexibility index (Phi) is 5.25. The van der Waals surface area contributed by atoms with E-state index in [2.05, 4.69) is 69.2 Å². The third kappa shape index (κ3) is 3.50. The molecule has 1 atom stereocenters. The largest absolute Gasteiger partial charge is 0.452 e. The lowest BCUT2D eigenvalue weighted by Crippen LogP contribution is -2.23. The summed E-state index contributed by atoms with van der Waals surface area (Å²) in [5, 5.41) is 3.55. The molecule has 2 rings (SSSR count). The van der Waals surface area contributed by atoms with Gasteiger partial charge < -0.3 is 9.73 Å². The van der Waals surface area contributed by atoms with Crippen molar-refractivity contribution >= 4 is 31.9 Å². The van der Waals surface area contributed by atoms with Gasteiger partial charge in [-0.2, -0.15) is 0 Å². The Bertz CT molecular complexity index is 551. The molecule has 0 amide bonds. The number of benzene rings is 1. The summed E-state index contributed by atoms with van der Waals surface area (Å²) < 4.78 is 7.62. The minimum atomic E-state index is 0.0868. The van der Waals surface area contributed by atoms with Gasteiger partial charge >= 0.3 is 0 Å². The number of hydrogen-bond donors (Lipinski definition) is 1. The summed E-state index contributed by atoms with van der Waals surface area (Å²) in [7, 11) is 0.